The van der Waals surface area contributed by atoms with Crippen LogP contribution in [-0.2, 0) is 9.59 Å². The van der Waals surface area contributed by atoms with Gasteiger partial charge in [-0.2, -0.15) is 0 Å². The fraction of sp³-hybridized carbons (Fsp3) is 0.846. The van der Waals surface area contributed by atoms with Crippen molar-refractivity contribution in [1.82, 2.24) is 10.2 Å². The summed E-state index contributed by atoms with van der Waals surface area (Å²) in [4.78, 5) is 26.2. The van der Waals surface area contributed by atoms with Crippen LogP contribution in [0.25, 0.3) is 0 Å². The number of carbonyl (C=O) groups excluding carboxylic acids is 2. The highest BCUT2D eigenvalue weighted by atomic mass is 16.2. The van der Waals surface area contributed by atoms with Crippen LogP contribution in [0.15, 0.2) is 0 Å². The molecule has 2 atom stereocenters. The Morgan fingerprint density at radius 2 is 1.94 bits per heavy atom. The van der Waals surface area contributed by atoms with Gasteiger partial charge in [-0.1, -0.05) is 20.3 Å². The highest BCUT2D eigenvalue weighted by Crippen LogP contribution is 2.37. The Labute approximate surface area is 103 Å². The third-order valence-corrected chi connectivity index (χ3v) is 3.61. The van der Waals surface area contributed by atoms with Gasteiger partial charge in [0.15, 0.2) is 0 Å². The molecule has 0 aromatic carbocycles. The Morgan fingerprint density at radius 3 is 2.47 bits per heavy atom. The van der Waals surface area contributed by atoms with E-state index in [9.17, 15) is 9.59 Å². The zero-order valence-electron chi connectivity index (χ0n) is 10.7. The van der Waals surface area contributed by atoms with Gasteiger partial charge < -0.3 is 10.2 Å². The van der Waals surface area contributed by atoms with Crippen LogP contribution < -0.4 is 5.32 Å². The number of nitrogens with zero attached hydrogens (tertiary/aromatic N) is 1. The van der Waals surface area contributed by atoms with E-state index in [4.69, 9.17) is 0 Å². The molecule has 0 aromatic rings. The van der Waals surface area contributed by atoms with Gasteiger partial charge >= 0.3 is 0 Å². The molecule has 2 unspecified atom stereocenters. The molecular formula is C13H22N2O2. The van der Waals surface area contributed by atoms with Gasteiger partial charge in [0.05, 0.1) is 0 Å². The Hall–Kier alpha value is -1.06. The van der Waals surface area contributed by atoms with Gasteiger partial charge in [0, 0.05) is 6.54 Å². The number of nitrogens with one attached hydrogen (secondary N) is 1. The Kier molecular flexibility index (Phi) is 3.69. The van der Waals surface area contributed by atoms with E-state index in [1.165, 1.54) is 0 Å². The first kappa shape index (κ1) is 12.4. The van der Waals surface area contributed by atoms with Crippen molar-refractivity contribution >= 4 is 11.8 Å². The van der Waals surface area contributed by atoms with Crippen molar-refractivity contribution in [2.45, 2.75) is 58.0 Å². The molecule has 1 N–H and O–H groups in total. The van der Waals surface area contributed by atoms with Crippen molar-refractivity contribution in [3.8, 4) is 0 Å². The molecule has 2 aliphatic rings. The second kappa shape index (κ2) is 5.07. The third kappa shape index (κ3) is 2.45. The summed E-state index contributed by atoms with van der Waals surface area (Å²) in [6.45, 7) is 4.81. The summed E-state index contributed by atoms with van der Waals surface area (Å²) in [6, 6.07) is -0.468. The lowest BCUT2D eigenvalue weighted by Crippen LogP contribution is -2.64. The standard InChI is InChI=1S/C13H22N2O2/c1-3-5-10-13(17)15(8-4-2)11(9-6-7-9)12(16)14-10/h9-11H,3-8H2,1-2H3,(H,14,16). The molecule has 4 heteroatoms. The summed E-state index contributed by atoms with van der Waals surface area (Å²) in [6.07, 6.45) is 4.77. The maximum Gasteiger partial charge on any atom is 0.245 e. The van der Waals surface area contributed by atoms with Gasteiger partial charge in [-0.15, -0.1) is 0 Å². The minimum Gasteiger partial charge on any atom is -0.342 e. The van der Waals surface area contributed by atoms with Crippen molar-refractivity contribution < 1.29 is 9.59 Å². The van der Waals surface area contributed by atoms with E-state index in [2.05, 4.69) is 12.2 Å². The molecule has 96 valence electrons. The average molecular weight is 238 g/mol. The molecule has 2 amide bonds. The summed E-state index contributed by atoms with van der Waals surface area (Å²) in [5.41, 5.74) is 0. The topological polar surface area (TPSA) is 49.4 Å². The van der Waals surface area contributed by atoms with Crippen LogP contribution in [0.3, 0.4) is 0 Å². The van der Waals surface area contributed by atoms with Gasteiger partial charge in [0.2, 0.25) is 11.8 Å². The first-order valence-corrected chi connectivity index (χ1v) is 6.79. The zero-order chi connectivity index (χ0) is 12.4. The van der Waals surface area contributed by atoms with E-state index in [1.807, 2.05) is 11.8 Å². The lowest BCUT2D eigenvalue weighted by molar-refractivity contribution is -0.150. The fourth-order valence-corrected chi connectivity index (χ4v) is 2.65. The summed E-state index contributed by atoms with van der Waals surface area (Å²) < 4.78 is 0. The van der Waals surface area contributed by atoms with Crippen molar-refractivity contribution in [2.75, 3.05) is 6.54 Å². The number of hydrogen-bond donors (Lipinski definition) is 1. The Morgan fingerprint density at radius 1 is 1.24 bits per heavy atom. The maximum absolute atomic E-state index is 12.3. The molecule has 2 fully saturated rings. The van der Waals surface area contributed by atoms with Crippen molar-refractivity contribution in [1.29, 1.82) is 0 Å². The fourth-order valence-electron chi connectivity index (χ4n) is 2.65. The second-order valence-electron chi connectivity index (χ2n) is 5.16. The predicted octanol–water partition coefficient (Wildman–Crippen LogP) is 1.30. The monoisotopic (exact) mass is 238 g/mol. The van der Waals surface area contributed by atoms with Crippen LogP contribution in [0, 0.1) is 5.92 Å². The van der Waals surface area contributed by atoms with Crippen molar-refractivity contribution in [3.05, 3.63) is 0 Å². The second-order valence-corrected chi connectivity index (χ2v) is 5.16. The smallest absolute Gasteiger partial charge is 0.245 e. The lowest BCUT2D eigenvalue weighted by atomic mass is 10.0. The Bertz CT molecular complexity index is 313. The highest BCUT2D eigenvalue weighted by Gasteiger charge is 2.47. The van der Waals surface area contributed by atoms with E-state index >= 15 is 0 Å². The number of hydrogen-bond acceptors (Lipinski definition) is 2. The van der Waals surface area contributed by atoms with Crippen LogP contribution in [0.2, 0.25) is 0 Å². The van der Waals surface area contributed by atoms with E-state index < -0.39 is 0 Å². The number of piperazine rings is 1. The molecule has 0 bridgehead atoms. The molecule has 2 rings (SSSR count). The molecular weight excluding hydrogens is 216 g/mol. The van der Waals surface area contributed by atoms with E-state index in [0.29, 0.717) is 12.5 Å². The van der Waals surface area contributed by atoms with Crippen LogP contribution in [-0.4, -0.2) is 35.3 Å². The third-order valence-electron chi connectivity index (χ3n) is 3.61. The van der Waals surface area contributed by atoms with Gasteiger partial charge in [-0.05, 0) is 31.6 Å². The molecule has 0 aromatic heterocycles. The van der Waals surface area contributed by atoms with Gasteiger partial charge in [-0.25, -0.2) is 0 Å². The molecule has 0 radical (unpaired) electrons. The van der Waals surface area contributed by atoms with Gasteiger partial charge in [0.1, 0.15) is 12.1 Å². The van der Waals surface area contributed by atoms with Crippen LogP contribution in [0.5, 0.6) is 0 Å². The predicted molar refractivity (Wildman–Crippen MR) is 65.4 cm³/mol. The van der Waals surface area contributed by atoms with Crippen molar-refractivity contribution in [2.24, 2.45) is 5.92 Å². The zero-order valence-corrected chi connectivity index (χ0v) is 10.7. The molecule has 1 aliphatic carbocycles. The molecule has 1 aliphatic heterocycles. The lowest BCUT2D eigenvalue weighted by Gasteiger charge is -2.39. The molecule has 1 heterocycles. The quantitative estimate of drug-likeness (QED) is 0.785. The van der Waals surface area contributed by atoms with Gasteiger partial charge in [0.25, 0.3) is 0 Å². The molecule has 1 saturated heterocycles. The van der Waals surface area contributed by atoms with Crippen LogP contribution >= 0.6 is 0 Å². The number of rotatable bonds is 5. The Balaban J connectivity index is 2.13. The molecule has 1 saturated carbocycles. The van der Waals surface area contributed by atoms with Crippen LogP contribution in [0.1, 0.15) is 46.0 Å². The van der Waals surface area contributed by atoms with Crippen LogP contribution in [0.4, 0.5) is 0 Å². The first-order valence-electron chi connectivity index (χ1n) is 6.79. The van der Waals surface area contributed by atoms with E-state index in [1.54, 1.807) is 0 Å². The highest BCUT2D eigenvalue weighted by molar-refractivity contribution is 5.97. The normalized spacial score (nSPS) is 29.4. The molecule has 17 heavy (non-hydrogen) atoms. The summed E-state index contributed by atoms with van der Waals surface area (Å²) in [5, 5.41) is 2.90. The SMILES string of the molecule is CCCC1NC(=O)C(C2CC2)N(CCC)C1=O. The summed E-state index contributed by atoms with van der Waals surface area (Å²) >= 11 is 0. The number of amides is 2. The minimum absolute atomic E-state index is 0.0685. The van der Waals surface area contributed by atoms with E-state index in [-0.39, 0.29) is 23.9 Å². The van der Waals surface area contributed by atoms with Crippen molar-refractivity contribution in [3.63, 3.8) is 0 Å². The minimum atomic E-state index is -0.283. The van der Waals surface area contributed by atoms with Gasteiger partial charge in [-0.3, -0.25) is 9.59 Å². The average Bonchev–Trinajstić information content (AvgIpc) is 3.10. The molecule has 4 nitrogen and oxygen atoms in total. The largest absolute Gasteiger partial charge is 0.342 e. The summed E-state index contributed by atoms with van der Waals surface area (Å²) in [7, 11) is 0. The molecule has 0 spiro atoms. The van der Waals surface area contributed by atoms with E-state index in [0.717, 1.165) is 32.1 Å². The maximum atomic E-state index is 12.3. The number of carbonyl (C=O) groups is 2. The summed E-state index contributed by atoms with van der Waals surface area (Å²) in [5.74, 6) is 0.609. The first-order chi connectivity index (χ1) is 8.19.